The minimum atomic E-state index is -0.453. The van der Waals surface area contributed by atoms with Crippen LogP contribution in [-0.4, -0.2) is 37.5 Å². The number of rotatable bonds is 4. The number of esters is 1. The molecule has 0 aliphatic carbocycles. The van der Waals surface area contributed by atoms with Crippen LogP contribution in [-0.2, 0) is 20.7 Å². The summed E-state index contributed by atoms with van der Waals surface area (Å²) >= 11 is 0. The van der Waals surface area contributed by atoms with E-state index in [-0.39, 0.29) is 18.9 Å². The minimum absolute atomic E-state index is 0.0639. The maximum atomic E-state index is 11.8. The molecule has 0 radical (unpaired) electrons. The average Bonchev–Trinajstić information content (AvgIpc) is 2.39. The molecule has 5 heteroatoms. The summed E-state index contributed by atoms with van der Waals surface area (Å²) in [4.78, 5) is 24.1. The van der Waals surface area contributed by atoms with Crippen LogP contribution < -0.4 is 0 Å². The molecule has 0 atom stereocenters. The number of ether oxygens (including phenoxy) is 1. The van der Waals surface area contributed by atoms with Crippen molar-refractivity contribution in [3.63, 3.8) is 0 Å². The predicted octanol–water partition coefficient (Wildman–Crippen LogP) is 0.732. The van der Waals surface area contributed by atoms with Gasteiger partial charge in [-0.3, -0.25) is 9.59 Å². The lowest BCUT2D eigenvalue weighted by atomic mass is 10.1. The second-order valence-electron chi connectivity index (χ2n) is 3.81. The van der Waals surface area contributed by atoms with Gasteiger partial charge in [0, 0.05) is 7.05 Å². The Kier molecular flexibility index (Phi) is 4.88. The van der Waals surface area contributed by atoms with Crippen LogP contribution in [0.15, 0.2) is 24.3 Å². The van der Waals surface area contributed by atoms with Crippen molar-refractivity contribution < 1.29 is 14.3 Å². The van der Waals surface area contributed by atoms with Crippen molar-refractivity contribution in [1.82, 2.24) is 4.90 Å². The smallest absolute Gasteiger partial charge is 0.325 e. The Morgan fingerprint density at radius 2 is 1.94 bits per heavy atom. The summed E-state index contributed by atoms with van der Waals surface area (Å²) < 4.78 is 4.48. The minimum Gasteiger partial charge on any atom is -0.468 e. The molecule has 1 aromatic rings. The fraction of sp³-hybridized carbons (Fsp3) is 0.308. The first-order valence-corrected chi connectivity index (χ1v) is 5.36. The van der Waals surface area contributed by atoms with Gasteiger partial charge in [0.25, 0.3) is 0 Å². The SMILES string of the molecule is COC(=O)CN(C)C(=O)Cc1ccc(C#N)cc1. The van der Waals surface area contributed by atoms with Gasteiger partial charge in [0.05, 0.1) is 25.2 Å². The van der Waals surface area contributed by atoms with Gasteiger partial charge < -0.3 is 9.64 Å². The normalized spacial score (nSPS) is 9.39. The fourth-order valence-electron chi connectivity index (χ4n) is 1.35. The first kappa shape index (κ1) is 13.7. The molecular formula is C13H14N2O3. The molecule has 0 heterocycles. The van der Waals surface area contributed by atoms with E-state index in [1.165, 1.54) is 12.0 Å². The predicted molar refractivity (Wildman–Crippen MR) is 64.5 cm³/mol. The quantitative estimate of drug-likeness (QED) is 0.734. The standard InChI is InChI=1S/C13H14N2O3/c1-15(9-13(17)18-2)12(16)7-10-3-5-11(8-14)6-4-10/h3-6H,7,9H2,1-2H3. The molecule has 18 heavy (non-hydrogen) atoms. The summed E-state index contributed by atoms with van der Waals surface area (Å²) in [5.41, 5.74) is 1.35. The molecule has 1 aromatic carbocycles. The van der Waals surface area contributed by atoms with E-state index in [1.54, 1.807) is 31.3 Å². The van der Waals surface area contributed by atoms with Crippen molar-refractivity contribution in [2.75, 3.05) is 20.7 Å². The maximum absolute atomic E-state index is 11.8. The fourth-order valence-corrected chi connectivity index (χ4v) is 1.35. The molecule has 1 rings (SSSR count). The van der Waals surface area contributed by atoms with Gasteiger partial charge >= 0.3 is 5.97 Å². The van der Waals surface area contributed by atoms with Crippen LogP contribution in [0.2, 0.25) is 0 Å². The van der Waals surface area contributed by atoms with E-state index in [0.29, 0.717) is 5.56 Å². The van der Waals surface area contributed by atoms with Crippen molar-refractivity contribution >= 4 is 11.9 Å². The second kappa shape index (κ2) is 6.40. The summed E-state index contributed by atoms with van der Waals surface area (Å²) in [6.45, 7) is -0.0639. The Labute approximate surface area is 106 Å². The lowest BCUT2D eigenvalue weighted by Gasteiger charge is -2.15. The molecule has 0 aliphatic rings. The number of methoxy groups -OCH3 is 1. The highest BCUT2D eigenvalue weighted by atomic mass is 16.5. The van der Waals surface area contributed by atoms with Crippen molar-refractivity contribution in [2.24, 2.45) is 0 Å². The van der Waals surface area contributed by atoms with E-state index in [4.69, 9.17) is 5.26 Å². The van der Waals surface area contributed by atoms with E-state index in [2.05, 4.69) is 4.74 Å². The van der Waals surface area contributed by atoms with Crippen LogP contribution in [0, 0.1) is 11.3 Å². The Balaban J connectivity index is 2.58. The van der Waals surface area contributed by atoms with E-state index in [1.807, 2.05) is 6.07 Å². The molecule has 0 unspecified atom stereocenters. The van der Waals surface area contributed by atoms with Gasteiger partial charge in [-0.05, 0) is 17.7 Å². The summed E-state index contributed by atoms with van der Waals surface area (Å²) in [6.07, 6.45) is 0.194. The van der Waals surface area contributed by atoms with Crippen LogP contribution in [0.1, 0.15) is 11.1 Å². The molecule has 0 bridgehead atoms. The number of carbonyl (C=O) groups is 2. The van der Waals surface area contributed by atoms with Crippen LogP contribution >= 0.6 is 0 Å². The number of hydrogen-bond acceptors (Lipinski definition) is 4. The summed E-state index contributed by atoms with van der Waals surface area (Å²) in [6, 6.07) is 8.77. The average molecular weight is 246 g/mol. The van der Waals surface area contributed by atoms with Crippen LogP contribution in [0.25, 0.3) is 0 Å². The molecule has 0 spiro atoms. The van der Waals surface area contributed by atoms with E-state index in [9.17, 15) is 9.59 Å². The molecule has 0 saturated heterocycles. The Morgan fingerprint density at radius 3 is 2.44 bits per heavy atom. The largest absolute Gasteiger partial charge is 0.468 e. The lowest BCUT2D eigenvalue weighted by molar-refractivity contribution is -0.145. The van der Waals surface area contributed by atoms with Crippen molar-refractivity contribution in [1.29, 1.82) is 5.26 Å². The van der Waals surface area contributed by atoms with Crippen molar-refractivity contribution in [3.05, 3.63) is 35.4 Å². The molecule has 0 saturated carbocycles. The number of hydrogen-bond donors (Lipinski definition) is 0. The third kappa shape index (κ3) is 3.91. The first-order valence-electron chi connectivity index (χ1n) is 5.36. The molecule has 5 nitrogen and oxygen atoms in total. The van der Waals surface area contributed by atoms with Crippen molar-refractivity contribution in [2.45, 2.75) is 6.42 Å². The number of amides is 1. The number of carbonyl (C=O) groups excluding carboxylic acids is 2. The number of nitrogens with zero attached hydrogens (tertiary/aromatic N) is 2. The number of benzene rings is 1. The zero-order valence-corrected chi connectivity index (χ0v) is 10.3. The van der Waals surface area contributed by atoms with Gasteiger partial charge in [-0.1, -0.05) is 12.1 Å². The number of nitriles is 1. The van der Waals surface area contributed by atoms with Gasteiger partial charge in [0.15, 0.2) is 0 Å². The second-order valence-corrected chi connectivity index (χ2v) is 3.81. The third-order valence-corrected chi connectivity index (χ3v) is 2.46. The Morgan fingerprint density at radius 1 is 1.33 bits per heavy atom. The van der Waals surface area contributed by atoms with E-state index in [0.717, 1.165) is 5.56 Å². The van der Waals surface area contributed by atoms with Gasteiger partial charge in [-0.25, -0.2) is 0 Å². The highest BCUT2D eigenvalue weighted by Crippen LogP contribution is 2.05. The Bertz CT molecular complexity index is 474. The molecular weight excluding hydrogens is 232 g/mol. The van der Waals surface area contributed by atoms with Gasteiger partial charge in [-0.2, -0.15) is 5.26 Å². The first-order chi connectivity index (χ1) is 8.56. The van der Waals surface area contributed by atoms with Gasteiger partial charge in [0.1, 0.15) is 6.54 Å². The molecule has 1 amide bonds. The molecule has 0 fully saturated rings. The summed E-state index contributed by atoms with van der Waals surface area (Å²) in [7, 11) is 2.82. The van der Waals surface area contributed by atoms with Gasteiger partial charge in [-0.15, -0.1) is 0 Å². The van der Waals surface area contributed by atoms with Gasteiger partial charge in [0.2, 0.25) is 5.91 Å². The van der Waals surface area contributed by atoms with E-state index >= 15 is 0 Å². The highest BCUT2D eigenvalue weighted by molar-refractivity contribution is 5.83. The maximum Gasteiger partial charge on any atom is 0.325 e. The third-order valence-electron chi connectivity index (χ3n) is 2.46. The number of likely N-dealkylation sites (N-methyl/N-ethyl adjacent to an activating group) is 1. The van der Waals surface area contributed by atoms with Crippen molar-refractivity contribution in [3.8, 4) is 6.07 Å². The highest BCUT2D eigenvalue weighted by Gasteiger charge is 2.13. The molecule has 0 aromatic heterocycles. The topological polar surface area (TPSA) is 70.4 Å². The van der Waals surface area contributed by atoms with Crippen LogP contribution in [0.5, 0.6) is 0 Å². The lowest BCUT2D eigenvalue weighted by Crippen LogP contribution is -2.33. The summed E-state index contributed by atoms with van der Waals surface area (Å²) in [5.74, 6) is -0.629. The zero-order chi connectivity index (χ0) is 13.5. The Hall–Kier alpha value is -2.35. The van der Waals surface area contributed by atoms with Crippen LogP contribution in [0.4, 0.5) is 0 Å². The van der Waals surface area contributed by atoms with Crippen LogP contribution in [0.3, 0.4) is 0 Å². The monoisotopic (exact) mass is 246 g/mol. The molecule has 94 valence electrons. The molecule has 0 N–H and O–H groups in total. The van der Waals surface area contributed by atoms with E-state index < -0.39 is 5.97 Å². The zero-order valence-electron chi connectivity index (χ0n) is 10.3. The summed E-state index contributed by atoms with van der Waals surface area (Å²) in [5, 5.41) is 8.65. The molecule has 0 aliphatic heterocycles.